The standard InChI is InChI=1S/C30H37N3O6Si/c1-22(2)30(3,4)40-39-24-14-15-25-26(19-24)37-21-28(34)31(25)16-10-17-32(27-13-8-9-18-33(27)36)29(35)38-20-23-11-6-5-7-12-23/h5-9,11-15,18-19,22H,10,16-17,20-21,40H2,1-4H3. The molecule has 0 unspecified atom stereocenters. The van der Waals surface area contributed by atoms with Crippen molar-refractivity contribution in [3.8, 4) is 11.5 Å². The molecule has 2 aromatic carbocycles. The summed E-state index contributed by atoms with van der Waals surface area (Å²) in [6, 6.07) is 19.7. The van der Waals surface area contributed by atoms with Gasteiger partial charge in [0.1, 0.15) is 18.1 Å². The molecule has 1 aliphatic heterocycles. The Labute approximate surface area is 237 Å². The molecule has 2 heterocycles. The average Bonchev–Trinajstić information content (AvgIpc) is 2.95. The van der Waals surface area contributed by atoms with Crippen molar-refractivity contribution in [2.75, 3.05) is 29.5 Å². The molecule has 2 amide bonds. The first-order chi connectivity index (χ1) is 19.2. The number of benzene rings is 2. The van der Waals surface area contributed by atoms with E-state index in [1.165, 1.54) is 11.1 Å². The summed E-state index contributed by atoms with van der Waals surface area (Å²) >= 11 is 0. The van der Waals surface area contributed by atoms with Crippen LogP contribution < -0.4 is 23.7 Å². The number of rotatable bonds is 11. The fraction of sp³-hybridized carbons (Fsp3) is 0.367. The van der Waals surface area contributed by atoms with E-state index in [-0.39, 0.29) is 36.5 Å². The Kier molecular flexibility index (Phi) is 9.31. The first-order valence-corrected chi connectivity index (χ1v) is 14.8. The summed E-state index contributed by atoms with van der Waals surface area (Å²) in [4.78, 5) is 28.8. The number of amides is 2. The van der Waals surface area contributed by atoms with E-state index in [0.29, 0.717) is 35.1 Å². The van der Waals surface area contributed by atoms with E-state index in [1.807, 2.05) is 48.5 Å². The minimum atomic E-state index is -0.848. The second-order valence-corrected chi connectivity index (χ2v) is 13.2. The van der Waals surface area contributed by atoms with Crippen LogP contribution in [0.4, 0.5) is 16.3 Å². The van der Waals surface area contributed by atoms with Crippen LogP contribution in [0.2, 0.25) is 5.04 Å². The molecule has 10 heteroatoms. The highest BCUT2D eigenvalue weighted by atomic mass is 28.2. The summed E-state index contributed by atoms with van der Waals surface area (Å²) in [6.07, 6.45) is 1.11. The minimum absolute atomic E-state index is 0.0759. The average molecular weight is 564 g/mol. The molecule has 0 saturated carbocycles. The predicted octanol–water partition coefficient (Wildman–Crippen LogP) is 4.60. The van der Waals surface area contributed by atoms with E-state index in [4.69, 9.17) is 13.9 Å². The molecule has 1 aromatic heterocycles. The molecule has 9 nitrogen and oxygen atoms in total. The molecular weight excluding hydrogens is 526 g/mol. The van der Waals surface area contributed by atoms with Crippen molar-refractivity contribution < 1.29 is 28.2 Å². The normalized spacial score (nSPS) is 13.3. The van der Waals surface area contributed by atoms with Gasteiger partial charge >= 0.3 is 6.09 Å². The number of hydrogen-bond donors (Lipinski definition) is 0. The summed E-state index contributed by atoms with van der Waals surface area (Å²) in [7, 11) is -0.848. The van der Waals surface area contributed by atoms with Gasteiger partial charge in [0.2, 0.25) is 9.76 Å². The first-order valence-electron chi connectivity index (χ1n) is 13.5. The highest BCUT2D eigenvalue weighted by molar-refractivity contribution is 6.33. The van der Waals surface area contributed by atoms with Gasteiger partial charge in [0.25, 0.3) is 11.7 Å². The lowest BCUT2D eigenvalue weighted by molar-refractivity contribution is -0.591. The third-order valence-electron chi connectivity index (χ3n) is 7.32. The molecule has 1 aliphatic rings. The molecule has 0 aliphatic carbocycles. The second-order valence-electron chi connectivity index (χ2n) is 10.8. The Morgan fingerprint density at radius 3 is 2.62 bits per heavy atom. The van der Waals surface area contributed by atoms with Crippen LogP contribution in [0.1, 0.15) is 39.7 Å². The zero-order valence-corrected chi connectivity index (χ0v) is 25.0. The lowest BCUT2D eigenvalue weighted by atomic mass is 9.99. The van der Waals surface area contributed by atoms with Gasteiger partial charge < -0.3 is 24.0 Å². The van der Waals surface area contributed by atoms with E-state index in [1.54, 1.807) is 23.1 Å². The van der Waals surface area contributed by atoms with Crippen molar-refractivity contribution in [2.24, 2.45) is 5.92 Å². The van der Waals surface area contributed by atoms with Crippen LogP contribution in [0.25, 0.3) is 0 Å². The van der Waals surface area contributed by atoms with Crippen molar-refractivity contribution in [2.45, 2.75) is 45.8 Å². The quantitative estimate of drug-likeness (QED) is 0.192. The Balaban J connectivity index is 1.43. The molecule has 0 saturated heterocycles. The maximum Gasteiger partial charge on any atom is 0.507 e. The van der Waals surface area contributed by atoms with E-state index < -0.39 is 15.9 Å². The lowest BCUT2D eigenvalue weighted by Gasteiger charge is -2.31. The lowest BCUT2D eigenvalue weighted by Crippen LogP contribution is -2.44. The van der Waals surface area contributed by atoms with Crippen LogP contribution >= 0.6 is 0 Å². The number of anilines is 2. The first kappa shape index (κ1) is 28.9. The number of pyridine rings is 1. The minimum Gasteiger partial charge on any atom is -0.711 e. The molecular formula is C30H37N3O6Si. The molecule has 3 aromatic rings. The number of fused-ring (bicyclic) bond motifs is 1. The maximum atomic E-state index is 13.1. The van der Waals surface area contributed by atoms with E-state index in [0.717, 1.165) is 11.3 Å². The highest BCUT2D eigenvalue weighted by Gasteiger charge is 2.30. The number of carbonyl (C=O) groups is 2. The van der Waals surface area contributed by atoms with Crippen molar-refractivity contribution >= 4 is 33.3 Å². The van der Waals surface area contributed by atoms with Gasteiger partial charge in [0.05, 0.1) is 18.4 Å². The van der Waals surface area contributed by atoms with Gasteiger partial charge in [-0.1, -0.05) is 64.1 Å². The monoisotopic (exact) mass is 563 g/mol. The Morgan fingerprint density at radius 2 is 1.90 bits per heavy atom. The van der Waals surface area contributed by atoms with Crippen LogP contribution in [0.3, 0.4) is 0 Å². The van der Waals surface area contributed by atoms with Crippen molar-refractivity contribution in [3.63, 3.8) is 0 Å². The summed E-state index contributed by atoms with van der Waals surface area (Å²) in [6.45, 7) is 9.37. The zero-order valence-electron chi connectivity index (χ0n) is 23.5. The van der Waals surface area contributed by atoms with Gasteiger partial charge in [-0.15, -0.1) is 0 Å². The van der Waals surface area contributed by atoms with Crippen LogP contribution in [-0.2, 0) is 16.1 Å². The molecule has 212 valence electrons. The van der Waals surface area contributed by atoms with Crippen LogP contribution in [0.5, 0.6) is 11.5 Å². The molecule has 40 heavy (non-hydrogen) atoms. The summed E-state index contributed by atoms with van der Waals surface area (Å²) in [5.74, 6) is 1.83. The topological polar surface area (TPSA) is 95.2 Å². The third-order valence-corrected chi connectivity index (χ3v) is 9.36. The Bertz CT molecular complexity index is 1320. The Morgan fingerprint density at radius 1 is 1.15 bits per heavy atom. The molecule has 0 radical (unpaired) electrons. The van der Waals surface area contributed by atoms with Crippen molar-refractivity contribution in [3.05, 3.63) is 83.7 Å². The molecule has 0 spiro atoms. The van der Waals surface area contributed by atoms with Crippen molar-refractivity contribution in [1.82, 2.24) is 0 Å². The van der Waals surface area contributed by atoms with Gasteiger partial charge in [-0.05, 0) is 34.7 Å². The molecule has 4 rings (SSSR count). The summed E-state index contributed by atoms with van der Waals surface area (Å²) in [5, 5.41) is 12.6. The number of carbonyl (C=O) groups excluding carboxylic acids is 2. The number of aromatic nitrogens is 1. The number of nitrogens with zero attached hydrogens (tertiary/aromatic N) is 3. The van der Waals surface area contributed by atoms with Gasteiger partial charge in [-0.3, -0.25) is 4.79 Å². The summed E-state index contributed by atoms with van der Waals surface area (Å²) < 4.78 is 18.1. The SMILES string of the molecule is CC(C)C(C)(C)[SiH2]Oc1ccc2c(c1)OCC(=O)N2CCCN(C(=O)OCc1ccccc1)c1cccc[n+]1[O-]. The van der Waals surface area contributed by atoms with Gasteiger partial charge in [0.15, 0.2) is 6.61 Å². The van der Waals surface area contributed by atoms with Gasteiger partial charge in [-0.25, -0.2) is 4.73 Å². The number of hydrogen-bond acceptors (Lipinski definition) is 6. The third kappa shape index (κ3) is 7.12. The Hall–Kier alpha value is -4.05. The summed E-state index contributed by atoms with van der Waals surface area (Å²) in [5.41, 5.74) is 1.50. The van der Waals surface area contributed by atoms with Gasteiger partial charge in [0, 0.05) is 25.1 Å². The molecule has 0 bridgehead atoms. The smallest absolute Gasteiger partial charge is 0.507 e. The van der Waals surface area contributed by atoms with E-state index in [2.05, 4.69) is 27.7 Å². The van der Waals surface area contributed by atoms with E-state index in [9.17, 15) is 14.8 Å². The highest BCUT2D eigenvalue weighted by Crippen LogP contribution is 2.37. The number of ether oxygens (including phenoxy) is 2. The molecule has 0 atom stereocenters. The zero-order chi connectivity index (χ0) is 28.7. The maximum absolute atomic E-state index is 13.1. The van der Waals surface area contributed by atoms with E-state index >= 15 is 0 Å². The molecule has 0 N–H and O–H groups in total. The van der Waals surface area contributed by atoms with Crippen LogP contribution in [0.15, 0.2) is 72.9 Å². The second kappa shape index (κ2) is 12.9. The van der Waals surface area contributed by atoms with Crippen LogP contribution in [-0.4, -0.2) is 41.5 Å². The van der Waals surface area contributed by atoms with Crippen molar-refractivity contribution in [1.29, 1.82) is 0 Å². The fourth-order valence-corrected chi connectivity index (χ4v) is 5.12. The fourth-order valence-electron chi connectivity index (χ4n) is 4.07. The van der Waals surface area contributed by atoms with Crippen LogP contribution in [0, 0.1) is 11.1 Å². The largest absolute Gasteiger partial charge is 0.711 e. The predicted molar refractivity (Wildman–Crippen MR) is 156 cm³/mol. The van der Waals surface area contributed by atoms with Gasteiger partial charge in [-0.2, -0.15) is 9.69 Å². The molecule has 0 fully saturated rings.